The van der Waals surface area contributed by atoms with E-state index < -0.39 is 9.85 Å². The Morgan fingerprint density at radius 3 is 1.43 bits per heavy atom. The van der Waals surface area contributed by atoms with Crippen LogP contribution in [0.3, 0.4) is 0 Å². The Labute approximate surface area is 168 Å². The lowest BCUT2D eigenvalue weighted by Crippen LogP contribution is -1.89. The van der Waals surface area contributed by atoms with Gasteiger partial charge in [0.05, 0.1) is 15.4 Å². The maximum absolute atomic E-state index is 10.8. The van der Waals surface area contributed by atoms with Gasteiger partial charge in [-0.25, -0.2) is 0 Å². The summed E-state index contributed by atoms with van der Waals surface area (Å²) < 4.78 is 0. The number of rotatable bonds is 6. The van der Waals surface area contributed by atoms with Crippen LogP contribution in [0.15, 0.2) is 86.3 Å². The second-order valence-corrected chi connectivity index (χ2v) is 7.68. The lowest BCUT2D eigenvalue weighted by Gasteiger charge is -2.09. The third kappa shape index (κ3) is 4.49. The van der Waals surface area contributed by atoms with Crippen molar-refractivity contribution >= 4 is 34.9 Å². The monoisotopic (exact) mass is 409 g/mol. The molecule has 0 radical (unpaired) electrons. The van der Waals surface area contributed by atoms with Gasteiger partial charge in [-0.3, -0.25) is 20.2 Å². The summed E-state index contributed by atoms with van der Waals surface area (Å²) in [5.41, 5.74) is 0.494. The Morgan fingerprint density at radius 1 is 0.714 bits per heavy atom. The molecular formula is C19H11N3O4S2. The number of hydrogen-bond acceptors (Lipinski definition) is 7. The molecule has 3 aromatic rings. The van der Waals surface area contributed by atoms with Gasteiger partial charge in [0, 0.05) is 43.8 Å². The van der Waals surface area contributed by atoms with Gasteiger partial charge in [0.2, 0.25) is 0 Å². The van der Waals surface area contributed by atoms with E-state index in [0.717, 1.165) is 19.6 Å². The predicted octanol–water partition coefficient (Wildman–Crippen LogP) is 5.68. The zero-order chi connectivity index (χ0) is 20.1. The van der Waals surface area contributed by atoms with Crippen LogP contribution >= 0.6 is 23.5 Å². The van der Waals surface area contributed by atoms with Gasteiger partial charge in [-0.2, -0.15) is 5.26 Å². The van der Waals surface area contributed by atoms with Crippen LogP contribution in [0.4, 0.5) is 11.4 Å². The van der Waals surface area contributed by atoms with Gasteiger partial charge < -0.3 is 0 Å². The molecule has 0 aliphatic heterocycles. The average molecular weight is 409 g/mol. The third-order valence-corrected chi connectivity index (χ3v) is 5.79. The second-order valence-electron chi connectivity index (χ2n) is 5.45. The molecule has 138 valence electrons. The van der Waals surface area contributed by atoms with Crippen molar-refractivity contribution in [3.8, 4) is 6.07 Å². The molecule has 0 heterocycles. The lowest BCUT2D eigenvalue weighted by molar-refractivity contribution is -0.385. The minimum Gasteiger partial charge on any atom is -0.258 e. The van der Waals surface area contributed by atoms with Gasteiger partial charge in [-0.1, -0.05) is 29.6 Å². The summed E-state index contributed by atoms with van der Waals surface area (Å²) in [5.74, 6) is 0. The molecular weight excluding hydrogens is 398 g/mol. The molecule has 0 saturated heterocycles. The van der Waals surface area contributed by atoms with Crippen molar-refractivity contribution in [2.75, 3.05) is 0 Å². The molecule has 0 spiro atoms. The number of nitro groups is 2. The molecule has 0 aliphatic rings. The molecule has 0 unspecified atom stereocenters. The molecule has 0 amide bonds. The number of benzene rings is 3. The molecule has 28 heavy (non-hydrogen) atoms. The predicted molar refractivity (Wildman–Crippen MR) is 106 cm³/mol. The van der Waals surface area contributed by atoms with E-state index >= 15 is 0 Å². The van der Waals surface area contributed by atoms with Crippen LogP contribution in [0, 0.1) is 31.6 Å². The Kier molecular flexibility index (Phi) is 5.93. The number of nitro benzene ring substituents is 2. The van der Waals surface area contributed by atoms with Gasteiger partial charge in [-0.05, 0) is 36.4 Å². The van der Waals surface area contributed by atoms with E-state index in [0.29, 0.717) is 5.56 Å². The van der Waals surface area contributed by atoms with Gasteiger partial charge in [0.15, 0.2) is 0 Å². The fraction of sp³-hybridized carbons (Fsp3) is 0. The van der Waals surface area contributed by atoms with E-state index in [9.17, 15) is 25.5 Å². The highest BCUT2D eigenvalue weighted by Gasteiger charge is 2.13. The van der Waals surface area contributed by atoms with Crippen molar-refractivity contribution < 1.29 is 9.85 Å². The molecule has 9 heteroatoms. The Bertz CT molecular complexity index is 1000. The van der Waals surface area contributed by atoms with Crippen LogP contribution in [0.2, 0.25) is 0 Å². The first kappa shape index (κ1) is 19.4. The van der Waals surface area contributed by atoms with Crippen LogP contribution in [0.5, 0.6) is 0 Å². The summed E-state index contributed by atoms with van der Waals surface area (Å²) in [6.07, 6.45) is 0. The third-order valence-electron chi connectivity index (χ3n) is 3.65. The molecule has 3 rings (SSSR count). The van der Waals surface area contributed by atoms with E-state index in [1.54, 1.807) is 24.3 Å². The van der Waals surface area contributed by atoms with Gasteiger partial charge in [-0.15, -0.1) is 0 Å². The van der Waals surface area contributed by atoms with E-state index in [2.05, 4.69) is 6.07 Å². The number of non-ortho nitro benzene ring substituents is 2. The normalized spacial score (nSPS) is 10.2. The Hall–Kier alpha value is -3.35. The first-order valence-electron chi connectivity index (χ1n) is 7.85. The topological polar surface area (TPSA) is 110 Å². The Balaban J connectivity index is 1.85. The molecule has 0 atom stereocenters. The highest BCUT2D eigenvalue weighted by Crippen LogP contribution is 2.38. The van der Waals surface area contributed by atoms with Crippen LogP contribution in [-0.4, -0.2) is 9.85 Å². The van der Waals surface area contributed by atoms with Crippen LogP contribution in [0.25, 0.3) is 0 Å². The summed E-state index contributed by atoms with van der Waals surface area (Å²) in [7, 11) is 0. The van der Waals surface area contributed by atoms with Crippen molar-refractivity contribution in [2.45, 2.75) is 19.6 Å². The largest absolute Gasteiger partial charge is 0.269 e. The van der Waals surface area contributed by atoms with E-state index in [1.807, 2.05) is 18.2 Å². The summed E-state index contributed by atoms with van der Waals surface area (Å²) in [6, 6.07) is 19.9. The minimum atomic E-state index is -0.462. The molecule has 0 aromatic heterocycles. The van der Waals surface area contributed by atoms with Crippen molar-refractivity contribution in [2.24, 2.45) is 0 Å². The molecule has 3 aromatic carbocycles. The molecule has 0 fully saturated rings. The zero-order valence-corrected chi connectivity index (χ0v) is 15.8. The van der Waals surface area contributed by atoms with Crippen molar-refractivity contribution in [1.29, 1.82) is 5.26 Å². The SMILES string of the molecule is N#Cc1c(Sc2ccc([N+](=O)[O-])cc2)cccc1Sc1ccc([N+](=O)[O-])cc1. The molecule has 0 N–H and O–H groups in total. The number of nitriles is 1. The lowest BCUT2D eigenvalue weighted by atomic mass is 10.2. The average Bonchev–Trinajstić information content (AvgIpc) is 2.69. The highest BCUT2D eigenvalue weighted by atomic mass is 32.2. The van der Waals surface area contributed by atoms with E-state index in [-0.39, 0.29) is 11.4 Å². The minimum absolute atomic E-state index is 0.00679. The summed E-state index contributed by atoms with van der Waals surface area (Å²) in [6.45, 7) is 0. The van der Waals surface area contributed by atoms with E-state index in [1.165, 1.54) is 47.8 Å². The highest BCUT2D eigenvalue weighted by molar-refractivity contribution is 8.00. The summed E-state index contributed by atoms with van der Waals surface area (Å²) in [5, 5.41) is 31.2. The van der Waals surface area contributed by atoms with Crippen molar-refractivity contribution in [3.05, 3.63) is 92.5 Å². The standard InChI is InChI=1S/C19H11N3O4S2/c20-12-17-18(27-15-8-4-13(5-9-15)21(23)24)2-1-3-19(17)28-16-10-6-14(7-11-16)22(25)26/h1-11H. The number of hydrogen-bond donors (Lipinski definition) is 0. The van der Waals surface area contributed by atoms with Gasteiger partial charge in [0.1, 0.15) is 6.07 Å². The second kappa shape index (κ2) is 8.56. The fourth-order valence-corrected chi connectivity index (χ4v) is 4.24. The molecule has 0 saturated carbocycles. The smallest absolute Gasteiger partial charge is 0.258 e. The van der Waals surface area contributed by atoms with Crippen LogP contribution < -0.4 is 0 Å². The Morgan fingerprint density at radius 2 is 1.11 bits per heavy atom. The zero-order valence-electron chi connectivity index (χ0n) is 14.1. The van der Waals surface area contributed by atoms with E-state index in [4.69, 9.17) is 0 Å². The van der Waals surface area contributed by atoms with Crippen LogP contribution in [0.1, 0.15) is 5.56 Å². The maximum atomic E-state index is 10.8. The first-order valence-corrected chi connectivity index (χ1v) is 9.49. The summed E-state index contributed by atoms with van der Waals surface area (Å²) >= 11 is 2.69. The van der Waals surface area contributed by atoms with Crippen LogP contribution in [-0.2, 0) is 0 Å². The molecule has 7 nitrogen and oxygen atoms in total. The van der Waals surface area contributed by atoms with Gasteiger partial charge >= 0.3 is 0 Å². The number of nitrogens with zero attached hydrogens (tertiary/aromatic N) is 3. The maximum Gasteiger partial charge on any atom is 0.269 e. The van der Waals surface area contributed by atoms with Crippen molar-refractivity contribution in [1.82, 2.24) is 0 Å². The fourth-order valence-electron chi connectivity index (χ4n) is 2.32. The van der Waals surface area contributed by atoms with Crippen molar-refractivity contribution in [3.63, 3.8) is 0 Å². The molecule has 0 bridgehead atoms. The quantitative estimate of drug-likeness (QED) is 0.380. The first-order chi connectivity index (χ1) is 13.5. The molecule has 0 aliphatic carbocycles. The van der Waals surface area contributed by atoms with Gasteiger partial charge in [0.25, 0.3) is 11.4 Å². The summed E-state index contributed by atoms with van der Waals surface area (Å²) in [4.78, 5) is 23.6.